The minimum Gasteiger partial charge on any atom is -0.490 e. The van der Waals surface area contributed by atoms with Crippen molar-refractivity contribution in [1.29, 1.82) is 0 Å². The molecule has 0 aromatic heterocycles. The molecular formula is C20H21Cl2NO3S. The molecule has 7 heteroatoms. The Kier molecular flexibility index (Phi) is 7.19. The van der Waals surface area contributed by atoms with Crippen LogP contribution in [0.25, 0.3) is 0 Å². The number of ether oxygens (including phenoxy) is 3. The van der Waals surface area contributed by atoms with Gasteiger partial charge in [-0.05, 0) is 36.8 Å². The molecule has 1 aliphatic rings. The van der Waals surface area contributed by atoms with Crippen molar-refractivity contribution in [2.75, 3.05) is 32.9 Å². The summed E-state index contributed by atoms with van der Waals surface area (Å²) in [6.07, 6.45) is 0. The molecule has 0 spiro atoms. The molecule has 3 rings (SSSR count). The van der Waals surface area contributed by atoms with E-state index >= 15 is 0 Å². The van der Waals surface area contributed by atoms with Gasteiger partial charge in [-0.1, -0.05) is 47.6 Å². The summed E-state index contributed by atoms with van der Waals surface area (Å²) in [4.78, 5) is 2.86. The standard InChI is InChI=1S/C20H21Cl2NO3S/c1-2-25-18-12-15(20(27)23-7-9-24-10-8-23)11-17(22)19(18)26-13-14-3-5-16(21)6-4-14/h3-6,11-12H,2,7-10,13H2,1H3. The second-order valence-corrected chi connectivity index (χ2v) is 7.27. The number of hydrogen-bond acceptors (Lipinski definition) is 4. The van der Waals surface area contributed by atoms with E-state index in [0.717, 1.165) is 29.2 Å². The van der Waals surface area contributed by atoms with Crippen molar-refractivity contribution in [2.45, 2.75) is 13.5 Å². The van der Waals surface area contributed by atoms with Gasteiger partial charge in [-0.2, -0.15) is 0 Å². The Balaban J connectivity index is 1.80. The van der Waals surface area contributed by atoms with E-state index in [1.165, 1.54) is 0 Å². The summed E-state index contributed by atoms with van der Waals surface area (Å²) in [6, 6.07) is 11.2. The molecule has 1 saturated heterocycles. The highest BCUT2D eigenvalue weighted by molar-refractivity contribution is 7.80. The normalized spacial score (nSPS) is 14.1. The molecule has 27 heavy (non-hydrogen) atoms. The lowest BCUT2D eigenvalue weighted by Crippen LogP contribution is -2.40. The minimum atomic E-state index is 0.365. The lowest BCUT2D eigenvalue weighted by molar-refractivity contribution is 0.0693. The van der Waals surface area contributed by atoms with Gasteiger partial charge in [0.25, 0.3) is 0 Å². The second kappa shape index (κ2) is 9.60. The first-order valence-corrected chi connectivity index (χ1v) is 9.95. The maximum atomic E-state index is 6.52. The van der Waals surface area contributed by atoms with E-state index in [2.05, 4.69) is 4.90 Å². The molecule has 0 radical (unpaired) electrons. The van der Waals surface area contributed by atoms with Gasteiger partial charge in [0.15, 0.2) is 11.5 Å². The van der Waals surface area contributed by atoms with Gasteiger partial charge in [-0.3, -0.25) is 0 Å². The van der Waals surface area contributed by atoms with Crippen molar-refractivity contribution < 1.29 is 14.2 Å². The third kappa shape index (κ3) is 5.26. The number of rotatable bonds is 6. The monoisotopic (exact) mass is 425 g/mol. The summed E-state index contributed by atoms with van der Waals surface area (Å²) in [7, 11) is 0. The lowest BCUT2D eigenvalue weighted by atomic mass is 10.1. The average Bonchev–Trinajstić information content (AvgIpc) is 2.69. The molecule has 0 aliphatic carbocycles. The number of thiocarbonyl (C=S) groups is 1. The van der Waals surface area contributed by atoms with E-state index < -0.39 is 0 Å². The number of hydrogen-bond donors (Lipinski definition) is 0. The Morgan fingerprint density at radius 2 is 1.81 bits per heavy atom. The van der Waals surface area contributed by atoms with Crippen molar-refractivity contribution in [3.8, 4) is 11.5 Å². The fraction of sp³-hybridized carbons (Fsp3) is 0.350. The van der Waals surface area contributed by atoms with Crippen LogP contribution in [0.5, 0.6) is 11.5 Å². The Hall–Kier alpha value is -1.53. The molecule has 0 saturated carbocycles. The van der Waals surface area contributed by atoms with Gasteiger partial charge in [0.2, 0.25) is 0 Å². The largest absolute Gasteiger partial charge is 0.490 e. The van der Waals surface area contributed by atoms with Crippen LogP contribution in [0.3, 0.4) is 0 Å². The third-order valence-electron chi connectivity index (χ3n) is 4.15. The molecule has 1 fully saturated rings. The number of nitrogens with zero attached hydrogens (tertiary/aromatic N) is 1. The van der Waals surface area contributed by atoms with Crippen LogP contribution < -0.4 is 9.47 Å². The Labute approximate surface area is 174 Å². The van der Waals surface area contributed by atoms with Crippen molar-refractivity contribution in [2.24, 2.45) is 0 Å². The highest BCUT2D eigenvalue weighted by Crippen LogP contribution is 2.37. The molecule has 144 valence electrons. The van der Waals surface area contributed by atoms with Gasteiger partial charge in [0.1, 0.15) is 11.6 Å². The van der Waals surface area contributed by atoms with Crippen LogP contribution >= 0.6 is 35.4 Å². The number of morpholine rings is 1. The molecule has 2 aromatic carbocycles. The zero-order valence-electron chi connectivity index (χ0n) is 15.0. The summed E-state index contributed by atoms with van der Waals surface area (Å²) in [5, 5.41) is 1.16. The fourth-order valence-corrected chi connectivity index (χ4v) is 3.47. The molecule has 4 nitrogen and oxygen atoms in total. The van der Waals surface area contributed by atoms with Gasteiger partial charge >= 0.3 is 0 Å². The topological polar surface area (TPSA) is 30.9 Å². The summed E-state index contributed by atoms with van der Waals surface area (Å²) in [6.45, 7) is 5.68. The SMILES string of the molecule is CCOc1cc(C(=S)N2CCOCC2)cc(Cl)c1OCc1ccc(Cl)cc1. The van der Waals surface area contributed by atoms with E-state index in [0.29, 0.717) is 48.0 Å². The molecule has 1 aliphatic heterocycles. The maximum absolute atomic E-state index is 6.52. The quantitative estimate of drug-likeness (QED) is 0.609. The van der Waals surface area contributed by atoms with Crippen LogP contribution in [0.2, 0.25) is 10.0 Å². The maximum Gasteiger partial charge on any atom is 0.180 e. The van der Waals surface area contributed by atoms with Crippen LogP contribution in [0.15, 0.2) is 36.4 Å². The van der Waals surface area contributed by atoms with Crippen LogP contribution in [0.4, 0.5) is 0 Å². The minimum absolute atomic E-state index is 0.365. The van der Waals surface area contributed by atoms with Gasteiger partial charge in [0, 0.05) is 23.7 Å². The third-order valence-corrected chi connectivity index (χ3v) is 5.18. The summed E-state index contributed by atoms with van der Waals surface area (Å²) >= 11 is 18.1. The predicted molar refractivity (Wildman–Crippen MR) is 112 cm³/mol. The molecule has 0 unspecified atom stereocenters. The van der Waals surface area contributed by atoms with Gasteiger partial charge in [-0.25, -0.2) is 0 Å². The summed E-state index contributed by atoms with van der Waals surface area (Å²) < 4.78 is 17.1. The molecule has 0 atom stereocenters. The smallest absolute Gasteiger partial charge is 0.180 e. The molecular weight excluding hydrogens is 405 g/mol. The van der Waals surface area contributed by atoms with Gasteiger partial charge in [0.05, 0.1) is 24.8 Å². The van der Waals surface area contributed by atoms with Crippen LogP contribution in [0, 0.1) is 0 Å². The average molecular weight is 426 g/mol. The second-order valence-electron chi connectivity index (χ2n) is 6.04. The molecule has 1 heterocycles. The predicted octanol–water partition coefficient (Wildman–Crippen LogP) is 4.98. The highest BCUT2D eigenvalue weighted by Gasteiger charge is 2.19. The van der Waals surface area contributed by atoms with Gasteiger partial charge in [-0.15, -0.1) is 0 Å². The van der Waals surface area contributed by atoms with Gasteiger partial charge < -0.3 is 19.1 Å². The zero-order valence-corrected chi connectivity index (χ0v) is 17.4. The first-order valence-electron chi connectivity index (χ1n) is 8.79. The van der Waals surface area contributed by atoms with Crippen molar-refractivity contribution in [3.05, 3.63) is 57.6 Å². The van der Waals surface area contributed by atoms with E-state index in [4.69, 9.17) is 49.6 Å². The van der Waals surface area contributed by atoms with E-state index in [9.17, 15) is 0 Å². The zero-order chi connectivity index (χ0) is 19.2. The number of halogens is 2. The van der Waals surface area contributed by atoms with Crippen molar-refractivity contribution >= 4 is 40.4 Å². The Morgan fingerprint density at radius 1 is 1.11 bits per heavy atom. The van der Waals surface area contributed by atoms with Crippen molar-refractivity contribution in [3.63, 3.8) is 0 Å². The van der Waals surface area contributed by atoms with Crippen LogP contribution in [-0.2, 0) is 11.3 Å². The Bertz CT molecular complexity index is 793. The van der Waals surface area contributed by atoms with E-state index in [1.807, 2.05) is 43.3 Å². The molecule has 0 bridgehead atoms. The van der Waals surface area contributed by atoms with Crippen LogP contribution in [-0.4, -0.2) is 42.8 Å². The number of benzene rings is 2. The molecule has 2 aromatic rings. The summed E-state index contributed by atoms with van der Waals surface area (Å²) in [5.74, 6) is 1.10. The first-order chi connectivity index (χ1) is 13.1. The molecule has 0 N–H and O–H groups in total. The first kappa shape index (κ1) is 20.2. The fourth-order valence-electron chi connectivity index (χ4n) is 2.78. The highest BCUT2D eigenvalue weighted by atomic mass is 35.5. The van der Waals surface area contributed by atoms with Crippen LogP contribution in [0.1, 0.15) is 18.1 Å². The molecule has 0 amide bonds. The van der Waals surface area contributed by atoms with E-state index in [-0.39, 0.29) is 0 Å². The lowest BCUT2D eigenvalue weighted by Gasteiger charge is -2.29. The summed E-state index contributed by atoms with van der Waals surface area (Å²) in [5.41, 5.74) is 1.84. The van der Waals surface area contributed by atoms with E-state index in [1.54, 1.807) is 0 Å². The van der Waals surface area contributed by atoms with Crippen molar-refractivity contribution in [1.82, 2.24) is 4.90 Å². The Morgan fingerprint density at radius 3 is 2.48 bits per heavy atom.